The van der Waals surface area contributed by atoms with Crippen molar-refractivity contribution >= 4 is 11.8 Å². The van der Waals surface area contributed by atoms with Crippen LogP contribution in [0.3, 0.4) is 0 Å². The number of aryl methyl sites for hydroxylation is 2. The summed E-state index contributed by atoms with van der Waals surface area (Å²) in [5.74, 6) is -0.282. The van der Waals surface area contributed by atoms with Gasteiger partial charge in [0.05, 0.1) is 24.0 Å². The Morgan fingerprint density at radius 3 is 2.79 bits per heavy atom. The lowest BCUT2D eigenvalue weighted by Crippen LogP contribution is -2.12. The first kappa shape index (κ1) is 13.1. The van der Waals surface area contributed by atoms with Gasteiger partial charge >= 0.3 is 5.97 Å². The molecule has 19 heavy (non-hydrogen) atoms. The molecule has 0 aliphatic carbocycles. The third kappa shape index (κ3) is 3.31. The molecule has 0 aliphatic rings. The van der Waals surface area contributed by atoms with Gasteiger partial charge in [0.15, 0.2) is 0 Å². The van der Waals surface area contributed by atoms with E-state index in [0.29, 0.717) is 18.1 Å². The maximum Gasteiger partial charge on any atom is 0.337 e. The summed E-state index contributed by atoms with van der Waals surface area (Å²) in [5.41, 5.74) is 1.86. The summed E-state index contributed by atoms with van der Waals surface area (Å²) in [6.07, 6.45) is 3.78. The molecular weight excluding hydrogens is 244 g/mol. The molecule has 2 rings (SSSR count). The average molecular weight is 260 g/mol. The zero-order valence-corrected chi connectivity index (χ0v) is 10.9. The van der Waals surface area contributed by atoms with Crippen LogP contribution >= 0.6 is 0 Å². The summed E-state index contributed by atoms with van der Waals surface area (Å²) in [6, 6.07) is 3.23. The standard InChI is InChI=1S/C13H16N4O2/c1-9-7-15-17(8-9)6-5-14-12-4-3-11(13(18)19)10(2)16-12/h3-4,7-8H,5-6H2,1-2H3,(H,14,16)(H,18,19). The van der Waals surface area contributed by atoms with E-state index in [1.807, 2.05) is 24.0 Å². The molecule has 2 aromatic heterocycles. The third-order valence-corrected chi connectivity index (χ3v) is 2.73. The second kappa shape index (κ2) is 5.51. The monoisotopic (exact) mass is 260 g/mol. The molecule has 0 aromatic carbocycles. The fraction of sp³-hybridized carbons (Fsp3) is 0.308. The highest BCUT2D eigenvalue weighted by Gasteiger charge is 2.08. The molecular formula is C13H16N4O2. The average Bonchev–Trinajstić information content (AvgIpc) is 2.75. The number of carboxylic acids is 1. The van der Waals surface area contributed by atoms with Crippen LogP contribution in [-0.2, 0) is 6.54 Å². The number of rotatable bonds is 5. The third-order valence-electron chi connectivity index (χ3n) is 2.73. The number of anilines is 1. The van der Waals surface area contributed by atoms with Crippen LogP contribution in [0.25, 0.3) is 0 Å². The minimum absolute atomic E-state index is 0.230. The molecule has 100 valence electrons. The molecule has 0 saturated carbocycles. The van der Waals surface area contributed by atoms with Crippen LogP contribution in [0.5, 0.6) is 0 Å². The van der Waals surface area contributed by atoms with Crippen LogP contribution in [0.15, 0.2) is 24.5 Å². The molecule has 0 aliphatic heterocycles. The number of aromatic nitrogens is 3. The van der Waals surface area contributed by atoms with Gasteiger partial charge in [0.1, 0.15) is 5.82 Å². The van der Waals surface area contributed by atoms with Crippen molar-refractivity contribution in [3.63, 3.8) is 0 Å². The van der Waals surface area contributed by atoms with Crippen molar-refractivity contribution in [2.45, 2.75) is 20.4 Å². The zero-order chi connectivity index (χ0) is 13.8. The van der Waals surface area contributed by atoms with Gasteiger partial charge in [-0.3, -0.25) is 4.68 Å². The zero-order valence-electron chi connectivity index (χ0n) is 10.9. The first-order valence-corrected chi connectivity index (χ1v) is 6.00. The van der Waals surface area contributed by atoms with Crippen molar-refractivity contribution in [3.05, 3.63) is 41.3 Å². The van der Waals surface area contributed by atoms with E-state index in [9.17, 15) is 4.79 Å². The molecule has 6 heteroatoms. The van der Waals surface area contributed by atoms with E-state index < -0.39 is 5.97 Å². The van der Waals surface area contributed by atoms with E-state index in [-0.39, 0.29) is 5.56 Å². The molecule has 2 aromatic rings. The highest BCUT2D eigenvalue weighted by Crippen LogP contribution is 2.10. The Morgan fingerprint density at radius 1 is 1.42 bits per heavy atom. The van der Waals surface area contributed by atoms with E-state index in [0.717, 1.165) is 12.1 Å². The molecule has 0 radical (unpaired) electrons. The van der Waals surface area contributed by atoms with Crippen LogP contribution in [0.1, 0.15) is 21.6 Å². The number of nitrogens with one attached hydrogen (secondary N) is 1. The number of carboxylic acid groups (broad SMARTS) is 1. The maximum atomic E-state index is 10.9. The van der Waals surface area contributed by atoms with Gasteiger partial charge in [-0.2, -0.15) is 5.10 Å². The van der Waals surface area contributed by atoms with Gasteiger partial charge in [-0.15, -0.1) is 0 Å². The summed E-state index contributed by atoms with van der Waals surface area (Å²) in [4.78, 5) is 15.1. The Labute approximate surface area is 111 Å². The van der Waals surface area contributed by atoms with E-state index in [2.05, 4.69) is 15.4 Å². The van der Waals surface area contributed by atoms with E-state index in [4.69, 9.17) is 5.11 Å². The summed E-state index contributed by atoms with van der Waals surface area (Å²) in [7, 11) is 0. The predicted molar refractivity (Wildman–Crippen MR) is 71.4 cm³/mol. The molecule has 0 amide bonds. The van der Waals surface area contributed by atoms with Crippen LogP contribution < -0.4 is 5.32 Å². The quantitative estimate of drug-likeness (QED) is 0.855. The minimum atomic E-state index is -0.955. The highest BCUT2D eigenvalue weighted by molar-refractivity contribution is 5.89. The number of aromatic carboxylic acids is 1. The molecule has 0 atom stereocenters. The first-order chi connectivity index (χ1) is 9.06. The SMILES string of the molecule is Cc1cnn(CCNc2ccc(C(=O)O)c(C)n2)c1. The van der Waals surface area contributed by atoms with Crippen molar-refractivity contribution in [1.29, 1.82) is 0 Å². The Hall–Kier alpha value is -2.37. The predicted octanol–water partition coefficient (Wildman–Crippen LogP) is 1.71. The molecule has 0 unspecified atom stereocenters. The number of pyridine rings is 1. The number of hydrogen-bond donors (Lipinski definition) is 2. The van der Waals surface area contributed by atoms with Crippen molar-refractivity contribution < 1.29 is 9.90 Å². The van der Waals surface area contributed by atoms with Gasteiger partial charge in [-0.25, -0.2) is 9.78 Å². The van der Waals surface area contributed by atoms with Gasteiger partial charge in [0.2, 0.25) is 0 Å². The lowest BCUT2D eigenvalue weighted by Gasteiger charge is -2.07. The molecule has 6 nitrogen and oxygen atoms in total. The summed E-state index contributed by atoms with van der Waals surface area (Å²) in [6.45, 7) is 5.09. The fourth-order valence-electron chi connectivity index (χ4n) is 1.77. The lowest BCUT2D eigenvalue weighted by molar-refractivity contribution is 0.0695. The van der Waals surface area contributed by atoms with E-state index in [1.54, 1.807) is 19.1 Å². The Balaban J connectivity index is 1.93. The van der Waals surface area contributed by atoms with Gasteiger partial charge in [0.25, 0.3) is 0 Å². The maximum absolute atomic E-state index is 10.9. The van der Waals surface area contributed by atoms with E-state index >= 15 is 0 Å². The van der Waals surface area contributed by atoms with Gasteiger partial charge < -0.3 is 10.4 Å². The Bertz CT molecular complexity index is 592. The first-order valence-electron chi connectivity index (χ1n) is 6.00. The molecule has 2 N–H and O–H groups in total. The number of carbonyl (C=O) groups is 1. The minimum Gasteiger partial charge on any atom is -0.478 e. The van der Waals surface area contributed by atoms with Crippen molar-refractivity contribution in [3.8, 4) is 0 Å². The van der Waals surface area contributed by atoms with Crippen LogP contribution in [0.4, 0.5) is 5.82 Å². The van der Waals surface area contributed by atoms with Gasteiger partial charge in [0, 0.05) is 12.7 Å². The van der Waals surface area contributed by atoms with E-state index in [1.165, 1.54) is 0 Å². The number of hydrogen-bond acceptors (Lipinski definition) is 4. The normalized spacial score (nSPS) is 10.4. The highest BCUT2D eigenvalue weighted by atomic mass is 16.4. The topological polar surface area (TPSA) is 80.0 Å². The molecule has 0 fully saturated rings. The molecule has 2 heterocycles. The van der Waals surface area contributed by atoms with Gasteiger partial charge in [-0.05, 0) is 31.5 Å². The van der Waals surface area contributed by atoms with Crippen molar-refractivity contribution in [2.24, 2.45) is 0 Å². The van der Waals surface area contributed by atoms with Crippen LogP contribution in [0.2, 0.25) is 0 Å². The second-order valence-electron chi connectivity index (χ2n) is 4.34. The lowest BCUT2D eigenvalue weighted by atomic mass is 10.2. The Morgan fingerprint density at radius 2 is 2.21 bits per heavy atom. The van der Waals surface area contributed by atoms with Crippen molar-refractivity contribution in [1.82, 2.24) is 14.8 Å². The number of nitrogens with zero attached hydrogens (tertiary/aromatic N) is 3. The molecule has 0 bridgehead atoms. The fourth-order valence-corrected chi connectivity index (χ4v) is 1.77. The van der Waals surface area contributed by atoms with Crippen molar-refractivity contribution in [2.75, 3.05) is 11.9 Å². The smallest absolute Gasteiger partial charge is 0.337 e. The van der Waals surface area contributed by atoms with Crippen LogP contribution in [-0.4, -0.2) is 32.4 Å². The Kier molecular flexibility index (Phi) is 3.79. The summed E-state index contributed by atoms with van der Waals surface area (Å²) >= 11 is 0. The molecule has 0 saturated heterocycles. The largest absolute Gasteiger partial charge is 0.478 e. The summed E-state index contributed by atoms with van der Waals surface area (Å²) in [5, 5.41) is 16.2. The van der Waals surface area contributed by atoms with Gasteiger partial charge in [-0.1, -0.05) is 0 Å². The van der Waals surface area contributed by atoms with Crippen LogP contribution in [0, 0.1) is 13.8 Å². The molecule has 0 spiro atoms. The summed E-state index contributed by atoms with van der Waals surface area (Å²) < 4.78 is 1.85. The second-order valence-corrected chi connectivity index (χ2v) is 4.34.